The van der Waals surface area contributed by atoms with Crippen LogP contribution in [0.2, 0.25) is 5.28 Å². The second kappa shape index (κ2) is 18.7. The van der Waals surface area contributed by atoms with Gasteiger partial charge in [-0.1, -0.05) is 63.6 Å². The maximum absolute atomic E-state index is 7.29. The molecule has 6 aromatic rings. The van der Waals surface area contributed by atoms with Crippen molar-refractivity contribution in [3.05, 3.63) is 97.2 Å². The van der Waals surface area contributed by atoms with Crippen molar-refractivity contribution in [2.75, 3.05) is 18.4 Å². The Morgan fingerprint density at radius 1 is 0.776 bits per heavy atom. The first kappa shape index (κ1) is 44.7. The third kappa shape index (κ3) is 10.2. The molecule has 7 N–H and O–H groups in total. The Labute approximate surface area is 362 Å². The first-order valence-corrected chi connectivity index (χ1v) is 20.8. The van der Waals surface area contributed by atoms with Crippen LogP contribution in [0.3, 0.4) is 0 Å². The second-order valence-electron chi connectivity index (χ2n) is 15.9. The molecule has 4 aromatic heterocycles. The summed E-state index contributed by atoms with van der Waals surface area (Å²) >= 11 is 12.9. The highest BCUT2D eigenvalue weighted by Gasteiger charge is 2.27. The molecule has 8 rings (SSSR count). The molecule has 0 unspecified atom stereocenters. The van der Waals surface area contributed by atoms with E-state index in [0.717, 1.165) is 90.3 Å². The van der Waals surface area contributed by atoms with E-state index in [1.807, 2.05) is 50.6 Å². The van der Waals surface area contributed by atoms with Crippen LogP contribution in [0.5, 0.6) is 0 Å². The van der Waals surface area contributed by atoms with Gasteiger partial charge < -0.3 is 31.7 Å². The van der Waals surface area contributed by atoms with Gasteiger partial charge in [-0.05, 0) is 90.0 Å². The fourth-order valence-electron chi connectivity index (χ4n) is 6.92. The molecule has 2 aromatic carbocycles. The summed E-state index contributed by atoms with van der Waals surface area (Å²) in [7, 11) is 0. The van der Waals surface area contributed by atoms with Gasteiger partial charge in [-0.2, -0.15) is 0 Å². The predicted molar refractivity (Wildman–Crippen MR) is 246 cm³/mol. The van der Waals surface area contributed by atoms with Gasteiger partial charge in [0, 0.05) is 103 Å². The summed E-state index contributed by atoms with van der Waals surface area (Å²) in [5, 5.41) is 12.7. The molecule has 15 heteroatoms. The van der Waals surface area contributed by atoms with E-state index < -0.39 is 0 Å². The SMILES string of the molecule is C.CC1(C)CC[C@H](N)CN1.[C-]#[N+]c1ccc2c(-c3nc(Cl)ncc3C)c[nH]c2c1Br.[C-]#[N+]c1ccc2c(-c3nc(N[C@H]4CCC(C)(C)NC4)ncc3C)c[nH]c2c1Br. The van der Waals surface area contributed by atoms with E-state index in [9.17, 15) is 0 Å². The number of hydrogen-bond acceptors (Lipinski definition) is 8. The van der Waals surface area contributed by atoms with Crippen molar-refractivity contribution in [1.29, 1.82) is 0 Å². The Bertz CT molecular complexity index is 2470. The van der Waals surface area contributed by atoms with E-state index in [0.29, 0.717) is 34.9 Å². The van der Waals surface area contributed by atoms with E-state index >= 15 is 0 Å². The monoisotopic (exact) mass is 928 g/mol. The van der Waals surface area contributed by atoms with Crippen LogP contribution < -0.4 is 21.7 Å². The standard InChI is InChI=1S/C21H23BrN6.C14H8BrClN4.C7H16N2.CH4/c1-12-9-25-20(27-13-7-8-21(2,3)26-10-13)28-18(12)15-11-24-19-14(15)5-6-16(23-4)17(19)22;1-7-5-19-14(16)20-12(7)9-6-18-13-8(9)3-4-10(17-2)11(13)15;1-7(2)4-3-6(8)5-9-7;/h5-6,9,11,13,24,26H,7-8,10H2,1-3H3,(H,25,27,28);3-6,18H,1H3;6,9H,3-5,8H2,1-2H3;1H4/t13-;;6-;/m0.0./s1. The average molecular weight is 931 g/mol. The highest BCUT2D eigenvalue weighted by atomic mass is 79.9. The van der Waals surface area contributed by atoms with Gasteiger partial charge in [0.2, 0.25) is 22.6 Å². The Hall–Kier alpha value is -4.41. The van der Waals surface area contributed by atoms with Crippen LogP contribution in [0.4, 0.5) is 17.3 Å². The Morgan fingerprint density at radius 2 is 1.28 bits per heavy atom. The topological polar surface area (TPSA) is 154 Å². The number of nitrogens with two attached hydrogens (primary N) is 1. The number of fused-ring (bicyclic) bond motifs is 2. The van der Waals surface area contributed by atoms with Crippen LogP contribution in [0.1, 0.15) is 71.9 Å². The van der Waals surface area contributed by atoms with Crippen LogP contribution in [-0.4, -0.2) is 66.2 Å². The molecular weight excluding hydrogens is 880 g/mol. The molecule has 0 amide bonds. The van der Waals surface area contributed by atoms with E-state index in [-0.39, 0.29) is 18.2 Å². The van der Waals surface area contributed by atoms with Crippen molar-refractivity contribution in [3.63, 3.8) is 0 Å². The molecule has 304 valence electrons. The van der Waals surface area contributed by atoms with Gasteiger partial charge in [-0.25, -0.2) is 29.6 Å². The minimum atomic E-state index is 0. The van der Waals surface area contributed by atoms with Crippen LogP contribution in [0.15, 0.2) is 58.0 Å². The van der Waals surface area contributed by atoms with Crippen LogP contribution >= 0.6 is 43.5 Å². The summed E-state index contributed by atoms with van der Waals surface area (Å²) < 4.78 is 1.54. The number of hydrogen-bond donors (Lipinski definition) is 6. The number of benzene rings is 2. The number of aryl methyl sites for hydroxylation is 2. The summed E-state index contributed by atoms with van der Waals surface area (Å²) in [6.07, 6.45) is 12.0. The van der Waals surface area contributed by atoms with Crippen LogP contribution in [0.25, 0.3) is 54.0 Å². The van der Waals surface area contributed by atoms with Crippen molar-refractivity contribution < 1.29 is 0 Å². The molecule has 0 saturated carbocycles. The maximum Gasteiger partial charge on any atom is 0.223 e. The van der Waals surface area contributed by atoms with Crippen molar-refractivity contribution in [1.82, 2.24) is 40.5 Å². The summed E-state index contributed by atoms with van der Waals surface area (Å²) in [6.45, 7) is 29.2. The van der Waals surface area contributed by atoms with Gasteiger partial charge in [-0.3, -0.25) is 0 Å². The van der Waals surface area contributed by atoms with Gasteiger partial charge in [0.15, 0.2) is 0 Å². The Morgan fingerprint density at radius 3 is 1.74 bits per heavy atom. The zero-order valence-electron chi connectivity index (χ0n) is 32.9. The fourth-order valence-corrected chi connectivity index (χ4v) is 8.15. The van der Waals surface area contributed by atoms with Crippen LogP contribution in [-0.2, 0) is 0 Å². The predicted octanol–water partition coefficient (Wildman–Crippen LogP) is 11.2. The van der Waals surface area contributed by atoms with Gasteiger partial charge in [0.25, 0.3) is 0 Å². The summed E-state index contributed by atoms with van der Waals surface area (Å²) in [6, 6.07) is 8.21. The molecule has 0 spiro atoms. The Kier molecular flexibility index (Phi) is 14.4. The summed E-state index contributed by atoms with van der Waals surface area (Å²) in [4.78, 5) is 31.1. The highest BCUT2D eigenvalue weighted by Crippen LogP contribution is 2.39. The average Bonchev–Trinajstić information content (AvgIpc) is 3.82. The van der Waals surface area contributed by atoms with E-state index in [4.69, 9.17) is 35.5 Å². The molecule has 0 bridgehead atoms. The minimum Gasteiger partial charge on any atom is -0.361 e. The first-order chi connectivity index (χ1) is 27.1. The lowest BCUT2D eigenvalue weighted by Gasteiger charge is -2.36. The van der Waals surface area contributed by atoms with Gasteiger partial charge in [0.1, 0.15) is 0 Å². The molecule has 0 radical (unpaired) electrons. The summed E-state index contributed by atoms with van der Waals surface area (Å²) in [5.41, 5.74) is 14.8. The molecule has 2 aliphatic heterocycles. The lowest BCUT2D eigenvalue weighted by molar-refractivity contribution is 0.281. The fraction of sp³-hybridized carbons (Fsp3) is 0.395. The molecule has 12 nitrogen and oxygen atoms in total. The van der Waals surface area contributed by atoms with E-state index in [2.05, 4.69) is 110 Å². The highest BCUT2D eigenvalue weighted by molar-refractivity contribution is 9.11. The quantitative estimate of drug-likeness (QED) is 0.0754. The third-order valence-corrected chi connectivity index (χ3v) is 12.3. The first-order valence-electron chi connectivity index (χ1n) is 18.8. The summed E-state index contributed by atoms with van der Waals surface area (Å²) in [5.74, 6) is 0.651. The van der Waals surface area contributed by atoms with Crippen LogP contribution in [0, 0.1) is 27.0 Å². The van der Waals surface area contributed by atoms with Crippen molar-refractivity contribution in [3.8, 4) is 22.5 Å². The molecule has 2 saturated heterocycles. The normalized spacial score (nSPS) is 18.1. The molecule has 2 atom stereocenters. The molecular formula is C43H51Br2ClN12. The van der Waals surface area contributed by atoms with Crippen molar-refractivity contribution in [2.45, 2.75) is 97.8 Å². The smallest absolute Gasteiger partial charge is 0.223 e. The number of piperidine rings is 2. The number of aromatic amines is 2. The van der Waals surface area contributed by atoms with Crippen molar-refractivity contribution in [2.24, 2.45) is 5.73 Å². The molecule has 58 heavy (non-hydrogen) atoms. The lowest BCUT2D eigenvalue weighted by Crippen LogP contribution is -2.51. The van der Waals surface area contributed by atoms with Gasteiger partial charge in [-0.15, -0.1) is 0 Å². The minimum absolute atomic E-state index is 0. The largest absolute Gasteiger partial charge is 0.361 e. The number of anilines is 1. The van der Waals surface area contributed by atoms with Crippen molar-refractivity contribution >= 4 is 82.6 Å². The second-order valence-corrected chi connectivity index (χ2v) is 17.8. The zero-order chi connectivity index (χ0) is 41.1. The van der Waals surface area contributed by atoms with E-state index in [1.165, 1.54) is 12.8 Å². The van der Waals surface area contributed by atoms with E-state index in [1.54, 1.807) is 12.3 Å². The number of rotatable bonds is 4. The maximum atomic E-state index is 7.29. The van der Waals surface area contributed by atoms with Gasteiger partial charge >= 0.3 is 0 Å². The molecule has 2 aliphatic rings. The number of H-pyrrole nitrogens is 2. The number of nitrogens with one attached hydrogen (secondary N) is 5. The molecule has 6 heterocycles. The van der Waals surface area contributed by atoms with Gasteiger partial charge in [0.05, 0.1) is 24.5 Å². The third-order valence-electron chi connectivity index (χ3n) is 10.5. The number of aromatic nitrogens is 6. The zero-order valence-corrected chi connectivity index (χ0v) is 36.8. The molecule has 2 fully saturated rings. The number of halogens is 3. The Balaban J connectivity index is 0.000000186. The molecule has 0 aliphatic carbocycles. The lowest BCUT2D eigenvalue weighted by atomic mass is 9.91. The number of nitrogens with zero attached hydrogens (tertiary/aromatic N) is 6.